The van der Waals surface area contributed by atoms with Gasteiger partial charge in [-0.05, 0) is 20.5 Å². The van der Waals surface area contributed by atoms with Gasteiger partial charge < -0.3 is 19.9 Å². The summed E-state index contributed by atoms with van der Waals surface area (Å²) in [4.78, 5) is 27.4. The highest BCUT2D eigenvalue weighted by Crippen LogP contribution is 2.06. The van der Waals surface area contributed by atoms with Crippen molar-refractivity contribution in [2.24, 2.45) is 0 Å². The molecule has 2 amide bonds. The van der Waals surface area contributed by atoms with Crippen LogP contribution >= 0.6 is 0 Å². The van der Waals surface area contributed by atoms with E-state index in [4.69, 9.17) is 4.74 Å². The van der Waals surface area contributed by atoms with Gasteiger partial charge in [-0.2, -0.15) is 0 Å². The molecule has 0 bridgehead atoms. The minimum atomic E-state index is -0.378. The fourth-order valence-corrected chi connectivity index (χ4v) is 1.92. The van der Waals surface area contributed by atoms with Crippen molar-refractivity contribution in [3.63, 3.8) is 0 Å². The van der Waals surface area contributed by atoms with E-state index < -0.39 is 0 Å². The van der Waals surface area contributed by atoms with E-state index in [1.807, 2.05) is 25.9 Å². The molecule has 19 heavy (non-hydrogen) atoms. The SMILES string of the molecule is CCC1NC(=O)CCN(CCOCCN(C)C)C1=O. The molecular weight excluding hydrogens is 246 g/mol. The van der Waals surface area contributed by atoms with E-state index >= 15 is 0 Å². The highest BCUT2D eigenvalue weighted by Gasteiger charge is 2.27. The topological polar surface area (TPSA) is 61.9 Å². The zero-order valence-electron chi connectivity index (χ0n) is 12.1. The Kier molecular flexibility index (Phi) is 6.80. The molecule has 1 fully saturated rings. The van der Waals surface area contributed by atoms with Crippen molar-refractivity contribution in [3.05, 3.63) is 0 Å². The predicted octanol–water partition coefficient (Wildman–Crippen LogP) is -0.308. The van der Waals surface area contributed by atoms with Crippen LogP contribution in [0, 0.1) is 0 Å². The average molecular weight is 271 g/mol. The Hall–Kier alpha value is -1.14. The maximum atomic E-state index is 12.1. The summed E-state index contributed by atoms with van der Waals surface area (Å²) < 4.78 is 5.49. The molecule has 1 heterocycles. The molecular formula is C13H25N3O3. The van der Waals surface area contributed by atoms with Crippen molar-refractivity contribution in [3.8, 4) is 0 Å². The van der Waals surface area contributed by atoms with Crippen LogP contribution in [0.4, 0.5) is 0 Å². The Morgan fingerprint density at radius 3 is 2.74 bits per heavy atom. The number of nitrogens with zero attached hydrogens (tertiary/aromatic N) is 2. The van der Waals surface area contributed by atoms with Crippen LogP contribution in [0.5, 0.6) is 0 Å². The third-order valence-electron chi connectivity index (χ3n) is 3.15. The van der Waals surface area contributed by atoms with Crippen molar-refractivity contribution in [2.75, 3.05) is 46.9 Å². The molecule has 6 heteroatoms. The largest absolute Gasteiger partial charge is 0.378 e. The Morgan fingerprint density at radius 2 is 2.11 bits per heavy atom. The van der Waals surface area contributed by atoms with Crippen LogP contribution < -0.4 is 5.32 Å². The molecule has 1 aliphatic heterocycles. The summed E-state index contributed by atoms with van der Waals surface area (Å²) in [5.74, 6) is -0.0409. The van der Waals surface area contributed by atoms with Crippen LogP contribution in [0.25, 0.3) is 0 Å². The van der Waals surface area contributed by atoms with Gasteiger partial charge in [-0.25, -0.2) is 0 Å². The summed E-state index contributed by atoms with van der Waals surface area (Å²) >= 11 is 0. The summed E-state index contributed by atoms with van der Waals surface area (Å²) in [7, 11) is 3.98. The van der Waals surface area contributed by atoms with Crippen molar-refractivity contribution in [1.82, 2.24) is 15.1 Å². The van der Waals surface area contributed by atoms with Crippen LogP contribution in [0.15, 0.2) is 0 Å². The van der Waals surface area contributed by atoms with Gasteiger partial charge in [-0.1, -0.05) is 6.92 Å². The van der Waals surface area contributed by atoms with Gasteiger partial charge in [0.05, 0.1) is 13.2 Å². The highest BCUT2D eigenvalue weighted by atomic mass is 16.5. The maximum Gasteiger partial charge on any atom is 0.245 e. The molecule has 1 aliphatic rings. The fraction of sp³-hybridized carbons (Fsp3) is 0.846. The van der Waals surface area contributed by atoms with Crippen molar-refractivity contribution in [1.29, 1.82) is 0 Å². The quantitative estimate of drug-likeness (QED) is 0.645. The summed E-state index contributed by atoms with van der Waals surface area (Å²) in [6.07, 6.45) is 1.00. The smallest absolute Gasteiger partial charge is 0.245 e. The molecule has 1 saturated heterocycles. The Bertz CT molecular complexity index is 308. The first-order valence-electron chi connectivity index (χ1n) is 6.85. The second kappa shape index (κ2) is 8.12. The molecule has 0 aliphatic carbocycles. The first kappa shape index (κ1) is 15.9. The molecule has 1 atom stereocenters. The maximum absolute atomic E-state index is 12.1. The zero-order valence-corrected chi connectivity index (χ0v) is 12.1. The first-order valence-corrected chi connectivity index (χ1v) is 6.85. The molecule has 0 spiro atoms. The number of amides is 2. The number of carbonyl (C=O) groups is 2. The molecule has 1 N–H and O–H groups in total. The fourth-order valence-electron chi connectivity index (χ4n) is 1.92. The Balaban J connectivity index is 2.34. The van der Waals surface area contributed by atoms with Crippen LogP contribution in [-0.4, -0.2) is 74.6 Å². The van der Waals surface area contributed by atoms with Gasteiger partial charge in [0.25, 0.3) is 0 Å². The number of carbonyl (C=O) groups excluding carboxylic acids is 2. The molecule has 0 saturated carbocycles. The lowest BCUT2D eigenvalue weighted by atomic mass is 10.2. The number of likely N-dealkylation sites (N-methyl/N-ethyl adjacent to an activating group) is 1. The number of ether oxygens (including phenoxy) is 1. The van der Waals surface area contributed by atoms with E-state index in [0.29, 0.717) is 39.1 Å². The lowest BCUT2D eigenvalue weighted by Crippen LogP contribution is -2.45. The van der Waals surface area contributed by atoms with Gasteiger partial charge in [0.15, 0.2) is 0 Å². The third kappa shape index (κ3) is 5.57. The molecule has 110 valence electrons. The average Bonchev–Trinajstić information content (AvgIpc) is 2.50. The van der Waals surface area contributed by atoms with E-state index in [2.05, 4.69) is 5.32 Å². The van der Waals surface area contributed by atoms with Crippen LogP contribution in [0.1, 0.15) is 19.8 Å². The monoisotopic (exact) mass is 271 g/mol. The number of nitrogens with one attached hydrogen (secondary N) is 1. The van der Waals surface area contributed by atoms with E-state index in [0.717, 1.165) is 6.54 Å². The van der Waals surface area contributed by atoms with E-state index in [1.54, 1.807) is 4.90 Å². The molecule has 0 aromatic carbocycles. The van der Waals surface area contributed by atoms with Gasteiger partial charge in [-0.3, -0.25) is 9.59 Å². The molecule has 6 nitrogen and oxygen atoms in total. The number of hydrogen-bond acceptors (Lipinski definition) is 4. The first-order chi connectivity index (χ1) is 9.04. The van der Waals surface area contributed by atoms with Crippen molar-refractivity contribution < 1.29 is 14.3 Å². The zero-order chi connectivity index (χ0) is 14.3. The number of rotatable bonds is 7. The van der Waals surface area contributed by atoms with E-state index in [-0.39, 0.29) is 17.9 Å². The molecule has 0 aromatic rings. The summed E-state index contributed by atoms with van der Waals surface area (Å²) in [6.45, 7) is 4.98. The predicted molar refractivity (Wildman–Crippen MR) is 72.8 cm³/mol. The van der Waals surface area contributed by atoms with Gasteiger partial charge in [0.1, 0.15) is 6.04 Å². The lowest BCUT2D eigenvalue weighted by Gasteiger charge is -2.23. The molecule has 0 aromatic heterocycles. The second-order valence-electron chi connectivity index (χ2n) is 5.02. The van der Waals surface area contributed by atoms with E-state index in [9.17, 15) is 9.59 Å². The van der Waals surface area contributed by atoms with Gasteiger partial charge in [-0.15, -0.1) is 0 Å². The van der Waals surface area contributed by atoms with Gasteiger partial charge in [0, 0.05) is 26.1 Å². The highest BCUT2D eigenvalue weighted by molar-refractivity contribution is 5.89. The van der Waals surface area contributed by atoms with Crippen molar-refractivity contribution >= 4 is 11.8 Å². The Labute approximate surface area is 115 Å². The molecule has 1 rings (SSSR count). The standard InChI is InChI=1S/C13H25N3O3/c1-4-11-13(18)16(6-5-12(17)14-11)8-10-19-9-7-15(2)3/h11H,4-10H2,1-3H3,(H,14,17). The van der Waals surface area contributed by atoms with Gasteiger partial charge in [0.2, 0.25) is 11.8 Å². The summed E-state index contributed by atoms with van der Waals surface area (Å²) in [5, 5.41) is 2.75. The second-order valence-corrected chi connectivity index (χ2v) is 5.02. The van der Waals surface area contributed by atoms with Gasteiger partial charge >= 0.3 is 0 Å². The normalized spacial score (nSPS) is 20.6. The van der Waals surface area contributed by atoms with Crippen LogP contribution in [-0.2, 0) is 14.3 Å². The Morgan fingerprint density at radius 1 is 1.37 bits per heavy atom. The third-order valence-corrected chi connectivity index (χ3v) is 3.15. The minimum absolute atomic E-state index is 0.00422. The summed E-state index contributed by atoms with van der Waals surface area (Å²) in [6, 6.07) is -0.378. The van der Waals surface area contributed by atoms with E-state index in [1.165, 1.54) is 0 Å². The van der Waals surface area contributed by atoms with Crippen molar-refractivity contribution in [2.45, 2.75) is 25.8 Å². The minimum Gasteiger partial charge on any atom is -0.378 e. The molecule has 1 unspecified atom stereocenters. The lowest BCUT2D eigenvalue weighted by molar-refractivity contribution is -0.134. The summed E-state index contributed by atoms with van der Waals surface area (Å²) in [5.41, 5.74) is 0. The van der Waals surface area contributed by atoms with Crippen LogP contribution in [0.2, 0.25) is 0 Å². The molecule has 0 radical (unpaired) electrons. The van der Waals surface area contributed by atoms with Crippen LogP contribution in [0.3, 0.4) is 0 Å². The number of hydrogen-bond donors (Lipinski definition) is 1.